The second-order valence-corrected chi connectivity index (χ2v) is 4.90. The van der Waals surface area contributed by atoms with Crippen LogP contribution < -0.4 is 5.73 Å². The van der Waals surface area contributed by atoms with Crippen molar-refractivity contribution in [3.05, 3.63) is 35.4 Å². The van der Waals surface area contributed by atoms with E-state index in [1.165, 1.54) is 6.42 Å². The first-order valence-corrected chi connectivity index (χ1v) is 6.39. The van der Waals surface area contributed by atoms with Gasteiger partial charge in [0, 0.05) is 25.3 Å². The van der Waals surface area contributed by atoms with E-state index in [-0.39, 0.29) is 5.84 Å². The van der Waals surface area contributed by atoms with E-state index in [0.29, 0.717) is 6.10 Å². The number of ether oxygens (including phenoxy) is 1. The predicted octanol–water partition coefficient (Wildman–Crippen LogP) is 1.58. The fourth-order valence-electron chi connectivity index (χ4n) is 2.41. The summed E-state index contributed by atoms with van der Waals surface area (Å²) >= 11 is 0. The molecule has 1 atom stereocenters. The molecule has 0 saturated carbocycles. The normalized spacial score (nSPS) is 19.3. The number of benzene rings is 1. The maximum absolute atomic E-state index is 7.58. The number of nitrogens with two attached hydrogens (primary N) is 1. The van der Waals surface area contributed by atoms with Crippen molar-refractivity contribution in [1.82, 2.24) is 4.90 Å². The minimum Gasteiger partial charge on any atom is -0.384 e. The van der Waals surface area contributed by atoms with E-state index in [9.17, 15) is 0 Å². The third-order valence-corrected chi connectivity index (χ3v) is 3.29. The van der Waals surface area contributed by atoms with Crippen molar-refractivity contribution in [2.24, 2.45) is 5.73 Å². The largest absolute Gasteiger partial charge is 0.384 e. The minimum atomic E-state index is 0.135. The van der Waals surface area contributed by atoms with Gasteiger partial charge >= 0.3 is 0 Å². The Balaban J connectivity index is 1.97. The van der Waals surface area contributed by atoms with Gasteiger partial charge in [-0.3, -0.25) is 10.3 Å². The summed E-state index contributed by atoms with van der Waals surface area (Å²) in [5.74, 6) is 0.135. The van der Waals surface area contributed by atoms with Crippen molar-refractivity contribution < 1.29 is 4.74 Å². The summed E-state index contributed by atoms with van der Waals surface area (Å²) in [5.41, 5.74) is 7.53. The second-order valence-electron chi connectivity index (χ2n) is 4.90. The van der Waals surface area contributed by atoms with E-state index >= 15 is 0 Å². The Morgan fingerprint density at radius 3 is 2.94 bits per heavy atom. The Hall–Kier alpha value is -1.39. The third kappa shape index (κ3) is 3.31. The SMILES string of the molecule is CN(Cc1ccccc1C(=N)N)CC1CCCO1. The lowest BCUT2D eigenvalue weighted by Crippen LogP contribution is -2.29. The summed E-state index contributed by atoms with van der Waals surface area (Å²) in [4.78, 5) is 2.23. The van der Waals surface area contributed by atoms with Crippen LogP contribution in [0.2, 0.25) is 0 Å². The van der Waals surface area contributed by atoms with Gasteiger partial charge in [0.15, 0.2) is 0 Å². The molecule has 1 fully saturated rings. The number of amidine groups is 1. The first-order valence-electron chi connectivity index (χ1n) is 6.39. The molecular formula is C14H21N3O. The van der Waals surface area contributed by atoms with Gasteiger partial charge in [0.05, 0.1) is 6.10 Å². The topological polar surface area (TPSA) is 62.3 Å². The maximum Gasteiger partial charge on any atom is 0.123 e. The van der Waals surface area contributed by atoms with Gasteiger partial charge in [-0.15, -0.1) is 0 Å². The number of nitrogens with zero attached hydrogens (tertiary/aromatic N) is 1. The molecule has 0 spiro atoms. The Labute approximate surface area is 108 Å². The number of hydrogen-bond donors (Lipinski definition) is 2. The zero-order chi connectivity index (χ0) is 13.0. The van der Waals surface area contributed by atoms with Crippen LogP contribution in [0.15, 0.2) is 24.3 Å². The Bertz CT molecular complexity index is 413. The molecule has 1 aliphatic rings. The molecule has 3 N–H and O–H groups in total. The van der Waals surface area contributed by atoms with E-state index in [0.717, 1.165) is 37.2 Å². The smallest absolute Gasteiger partial charge is 0.123 e. The van der Waals surface area contributed by atoms with Gasteiger partial charge in [0.2, 0.25) is 0 Å². The van der Waals surface area contributed by atoms with Crippen LogP contribution in [-0.4, -0.2) is 37.0 Å². The molecule has 0 bridgehead atoms. The molecule has 1 unspecified atom stereocenters. The van der Waals surface area contributed by atoms with Crippen molar-refractivity contribution in [1.29, 1.82) is 5.41 Å². The molecule has 4 heteroatoms. The quantitative estimate of drug-likeness (QED) is 0.613. The molecule has 0 radical (unpaired) electrons. The van der Waals surface area contributed by atoms with Crippen LogP contribution in [0.25, 0.3) is 0 Å². The fraction of sp³-hybridized carbons (Fsp3) is 0.500. The Morgan fingerprint density at radius 2 is 2.28 bits per heavy atom. The van der Waals surface area contributed by atoms with E-state index in [2.05, 4.69) is 11.9 Å². The zero-order valence-corrected chi connectivity index (χ0v) is 10.9. The van der Waals surface area contributed by atoms with Crippen molar-refractivity contribution >= 4 is 5.84 Å². The van der Waals surface area contributed by atoms with Crippen LogP contribution in [-0.2, 0) is 11.3 Å². The van der Waals surface area contributed by atoms with Crippen LogP contribution in [0.4, 0.5) is 0 Å². The second kappa shape index (κ2) is 5.98. The first kappa shape index (κ1) is 13.1. The molecule has 18 heavy (non-hydrogen) atoms. The number of hydrogen-bond acceptors (Lipinski definition) is 3. The van der Waals surface area contributed by atoms with Crippen LogP contribution in [0, 0.1) is 5.41 Å². The molecule has 1 aliphatic heterocycles. The molecule has 1 aromatic rings. The summed E-state index contributed by atoms with van der Waals surface area (Å²) in [6, 6.07) is 7.84. The van der Waals surface area contributed by atoms with Crippen molar-refractivity contribution in [2.45, 2.75) is 25.5 Å². The highest BCUT2D eigenvalue weighted by molar-refractivity contribution is 5.96. The van der Waals surface area contributed by atoms with Crippen molar-refractivity contribution in [3.8, 4) is 0 Å². The van der Waals surface area contributed by atoms with Gasteiger partial charge in [-0.1, -0.05) is 24.3 Å². The minimum absolute atomic E-state index is 0.135. The summed E-state index contributed by atoms with van der Waals surface area (Å²) < 4.78 is 5.63. The number of rotatable bonds is 5. The van der Waals surface area contributed by atoms with E-state index in [4.69, 9.17) is 15.9 Å². The van der Waals surface area contributed by atoms with Crippen molar-refractivity contribution in [3.63, 3.8) is 0 Å². The lowest BCUT2D eigenvalue weighted by atomic mass is 10.1. The van der Waals surface area contributed by atoms with E-state index < -0.39 is 0 Å². The molecule has 1 aromatic carbocycles. The van der Waals surface area contributed by atoms with E-state index in [1.807, 2.05) is 24.3 Å². The molecule has 4 nitrogen and oxygen atoms in total. The van der Waals surface area contributed by atoms with Crippen LogP contribution >= 0.6 is 0 Å². The monoisotopic (exact) mass is 247 g/mol. The standard InChI is InChI=1S/C14H21N3O/c1-17(10-12-6-4-8-18-12)9-11-5-2-3-7-13(11)14(15)16/h2-3,5,7,12H,4,6,8-10H2,1H3,(H3,15,16). The van der Waals surface area contributed by atoms with Gasteiger partial charge in [0.25, 0.3) is 0 Å². The fourth-order valence-corrected chi connectivity index (χ4v) is 2.41. The van der Waals surface area contributed by atoms with E-state index in [1.54, 1.807) is 0 Å². The summed E-state index contributed by atoms with van der Waals surface area (Å²) in [7, 11) is 2.08. The number of nitrogen functional groups attached to an aromatic ring is 1. The van der Waals surface area contributed by atoms with Gasteiger partial charge in [-0.2, -0.15) is 0 Å². The summed E-state index contributed by atoms with van der Waals surface area (Å²) in [5, 5.41) is 7.58. The summed E-state index contributed by atoms with van der Waals surface area (Å²) in [6.45, 7) is 2.63. The molecule has 2 rings (SSSR count). The first-order chi connectivity index (χ1) is 8.66. The highest BCUT2D eigenvalue weighted by atomic mass is 16.5. The maximum atomic E-state index is 7.58. The third-order valence-electron chi connectivity index (χ3n) is 3.29. The Kier molecular flexibility index (Phi) is 4.33. The lowest BCUT2D eigenvalue weighted by molar-refractivity contribution is 0.0793. The van der Waals surface area contributed by atoms with Crippen molar-refractivity contribution in [2.75, 3.05) is 20.2 Å². The number of nitrogens with one attached hydrogen (secondary N) is 1. The van der Waals surface area contributed by atoms with Gasteiger partial charge in [-0.25, -0.2) is 0 Å². The molecule has 98 valence electrons. The predicted molar refractivity (Wildman–Crippen MR) is 72.8 cm³/mol. The van der Waals surface area contributed by atoms with Gasteiger partial charge in [0.1, 0.15) is 5.84 Å². The molecule has 1 saturated heterocycles. The molecule has 0 aromatic heterocycles. The van der Waals surface area contributed by atoms with Crippen LogP contribution in [0.3, 0.4) is 0 Å². The molecule has 0 aliphatic carbocycles. The van der Waals surface area contributed by atoms with Crippen LogP contribution in [0.5, 0.6) is 0 Å². The Morgan fingerprint density at radius 1 is 1.50 bits per heavy atom. The van der Waals surface area contributed by atoms with Gasteiger partial charge in [-0.05, 0) is 25.5 Å². The highest BCUT2D eigenvalue weighted by Gasteiger charge is 2.18. The molecular weight excluding hydrogens is 226 g/mol. The zero-order valence-electron chi connectivity index (χ0n) is 10.9. The molecule has 0 amide bonds. The lowest BCUT2D eigenvalue weighted by Gasteiger charge is -2.21. The van der Waals surface area contributed by atoms with Crippen LogP contribution in [0.1, 0.15) is 24.0 Å². The van der Waals surface area contributed by atoms with Gasteiger partial charge < -0.3 is 10.5 Å². The average molecular weight is 247 g/mol. The number of likely N-dealkylation sites (N-methyl/N-ethyl adjacent to an activating group) is 1. The molecule has 1 heterocycles. The average Bonchev–Trinajstić information content (AvgIpc) is 2.82. The summed E-state index contributed by atoms with van der Waals surface area (Å²) in [6.07, 6.45) is 2.68. The highest BCUT2D eigenvalue weighted by Crippen LogP contribution is 2.15.